The minimum Gasteiger partial charge on any atom is -0.336 e. The van der Waals surface area contributed by atoms with Gasteiger partial charge in [-0.15, -0.1) is 11.3 Å². The van der Waals surface area contributed by atoms with Gasteiger partial charge in [-0.25, -0.2) is 0 Å². The molecule has 0 aromatic carbocycles. The summed E-state index contributed by atoms with van der Waals surface area (Å²) < 4.78 is 0. The quantitative estimate of drug-likeness (QED) is 0.868. The second kappa shape index (κ2) is 5.46. The van der Waals surface area contributed by atoms with Gasteiger partial charge in [0.15, 0.2) is 0 Å². The van der Waals surface area contributed by atoms with Crippen LogP contribution < -0.4 is 5.32 Å². The van der Waals surface area contributed by atoms with Crippen molar-refractivity contribution in [2.24, 2.45) is 0 Å². The van der Waals surface area contributed by atoms with Gasteiger partial charge in [0.25, 0.3) is 0 Å². The van der Waals surface area contributed by atoms with Crippen molar-refractivity contribution in [1.29, 1.82) is 0 Å². The van der Waals surface area contributed by atoms with Gasteiger partial charge in [-0.3, -0.25) is 4.79 Å². The van der Waals surface area contributed by atoms with Gasteiger partial charge in [-0.05, 0) is 37.8 Å². The predicted octanol–water partition coefficient (Wildman–Crippen LogP) is 1.85. The van der Waals surface area contributed by atoms with E-state index in [1.165, 1.54) is 4.88 Å². The van der Waals surface area contributed by atoms with Crippen molar-refractivity contribution < 1.29 is 4.79 Å². The first kappa shape index (κ1) is 11.6. The molecule has 1 saturated heterocycles. The number of nitrogens with one attached hydrogen (secondary N) is 1. The lowest BCUT2D eigenvalue weighted by molar-refractivity contribution is -0.133. The van der Waals surface area contributed by atoms with Crippen LogP contribution in [0.4, 0.5) is 0 Å². The first-order valence-electron chi connectivity index (χ1n) is 5.86. The molecule has 0 spiro atoms. The molecule has 1 aromatic rings. The third kappa shape index (κ3) is 2.62. The van der Waals surface area contributed by atoms with Gasteiger partial charge >= 0.3 is 0 Å². The van der Waals surface area contributed by atoms with E-state index in [9.17, 15) is 4.79 Å². The molecule has 0 unspecified atom stereocenters. The Labute approximate surface area is 100 Å². The molecule has 0 bridgehead atoms. The molecule has 1 fully saturated rings. The van der Waals surface area contributed by atoms with Crippen molar-refractivity contribution in [1.82, 2.24) is 10.2 Å². The summed E-state index contributed by atoms with van der Waals surface area (Å²) in [6.45, 7) is 4.56. The first-order valence-corrected chi connectivity index (χ1v) is 6.73. The molecule has 0 saturated carbocycles. The zero-order valence-corrected chi connectivity index (χ0v) is 10.4. The maximum Gasteiger partial charge on any atom is 0.240 e. The summed E-state index contributed by atoms with van der Waals surface area (Å²) in [5, 5.41) is 5.32. The van der Waals surface area contributed by atoms with Crippen LogP contribution in [0.2, 0.25) is 0 Å². The number of amides is 1. The standard InChI is InChI=1S/C12H18N2OS/c1-2-14(9-10-5-4-8-16-10)12(15)11-6-3-7-13-11/h4-5,8,11,13H,2-3,6-7,9H2,1H3/t11-/m0/s1. The molecule has 1 amide bonds. The Hall–Kier alpha value is -0.870. The fraction of sp³-hybridized carbons (Fsp3) is 0.583. The largest absolute Gasteiger partial charge is 0.336 e. The molecule has 16 heavy (non-hydrogen) atoms. The molecule has 1 aromatic heterocycles. The molecular weight excluding hydrogens is 220 g/mol. The van der Waals surface area contributed by atoms with Crippen molar-refractivity contribution in [3.8, 4) is 0 Å². The van der Waals surface area contributed by atoms with Crippen LogP contribution in [-0.4, -0.2) is 29.9 Å². The number of hydrogen-bond acceptors (Lipinski definition) is 3. The summed E-state index contributed by atoms with van der Waals surface area (Å²) in [6.07, 6.45) is 2.10. The minimum atomic E-state index is 0.0555. The predicted molar refractivity (Wildman–Crippen MR) is 66.4 cm³/mol. The fourth-order valence-corrected chi connectivity index (χ4v) is 2.77. The second-order valence-corrected chi connectivity index (χ2v) is 5.11. The normalized spacial score (nSPS) is 19.9. The average molecular weight is 238 g/mol. The van der Waals surface area contributed by atoms with Crippen molar-refractivity contribution in [2.75, 3.05) is 13.1 Å². The van der Waals surface area contributed by atoms with E-state index in [1.54, 1.807) is 11.3 Å². The molecule has 88 valence electrons. The van der Waals surface area contributed by atoms with E-state index in [0.29, 0.717) is 0 Å². The Morgan fingerprint density at radius 3 is 3.12 bits per heavy atom. The van der Waals surface area contributed by atoms with Gasteiger partial charge in [0.1, 0.15) is 0 Å². The summed E-state index contributed by atoms with van der Waals surface area (Å²) in [4.78, 5) is 15.4. The highest BCUT2D eigenvalue weighted by Gasteiger charge is 2.26. The van der Waals surface area contributed by atoms with Gasteiger partial charge in [-0.1, -0.05) is 6.07 Å². The van der Waals surface area contributed by atoms with E-state index >= 15 is 0 Å². The highest BCUT2D eigenvalue weighted by atomic mass is 32.1. The van der Waals surface area contributed by atoms with Gasteiger partial charge < -0.3 is 10.2 Å². The maximum atomic E-state index is 12.2. The lowest BCUT2D eigenvalue weighted by Crippen LogP contribution is -2.43. The molecule has 0 aliphatic carbocycles. The van der Waals surface area contributed by atoms with Gasteiger partial charge in [0.2, 0.25) is 5.91 Å². The van der Waals surface area contributed by atoms with E-state index in [2.05, 4.69) is 16.8 Å². The van der Waals surface area contributed by atoms with Crippen molar-refractivity contribution >= 4 is 17.2 Å². The SMILES string of the molecule is CCN(Cc1cccs1)C(=O)[C@@H]1CCCN1. The Kier molecular flexibility index (Phi) is 3.96. The molecule has 2 heterocycles. The van der Waals surface area contributed by atoms with E-state index in [1.807, 2.05) is 17.9 Å². The molecule has 1 N–H and O–H groups in total. The molecule has 2 rings (SSSR count). The van der Waals surface area contributed by atoms with Crippen LogP contribution in [0.1, 0.15) is 24.6 Å². The van der Waals surface area contributed by atoms with Crippen molar-refractivity contribution in [2.45, 2.75) is 32.4 Å². The number of rotatable bonds is 4. The van der Waals surface area contributed by atoms with E-state index in [0.717, 1.165) is 32.5 Å². The van der Waals surface area contributed by atoms with Crippen LogP contribution in [0, 0.1) is 0 Å². The number of carbonyl (C=O) groups is 1. The van der Waals surface area contributed by atoms with E-state index in [4.69, 9.17) is 0 Å². The van der Waals surface area contributed by atoms with E-state index < -0.39 is 0 Å². The number of thiophene rings is 1. The zero-order valence-electron chi connectivity index (χ0n) is 9.61. The van der Waals surface area contributed by atoms with Crippen molar-refractivity contribution in [3.05, 3.63) is 22.4 Å². The number of nitrogens with zero attached hydrogens (tertiary/aromatic N) is 1. The summed E-state index contributed by atoms with van der Waals surface area (Å²) in [5.74, 6) is 0.258. The number of hydrogen-bond donors (Lipinski definition) is 1. The topological polar surface area (TPSA) is 32.3 Å². The highest BCUT2D eigenvalue weighted by molar-refractivity contribution is 7.09. The lowest BCUT2D eigenvalue weighted by Gasteiger charge is -2.23. The van der Waals surface area contributed by atoms with Crippen LogP contribution in [0.5, 0.6) is 0 Å². The van der Waals surface area contributed by atoms with Crippen LogP contribution >= 0.6 is 11.3 Å². The lowest BCUT2D eigenvalue weighted by atomic mass is 10.2. The summed E-state index contributed by atoms with van der Waals surface area (Å²) in [7, 11) is 0. The third-order valence-electron chi connectivity index (χ3n) is 2.98. The molecule has 4 heteroatoms. The molecule has 1 aliphatic rings. The van der Waals surface area contributed by atoms with Gasteiger partial charge in [0.05, 0.1) is 12.6 Å². The van der Waals surface area contributed by atoms with Gasteiger partial charge in [-0.2, -0.15) is 0 Å². The third-order valence-corrected chi connectivity index (χ3v) is 3.84. The first-order chi connectivity index (χ1) is 7.81. The monoisotopic (exact) mass is 238 g/mol. The Morgan fingerprint density at radius 2 is 2.56 bits per heavy atom. The Morgan fingerprint density at radius 1 is 1.69 bits per heavy atom. The van der Waals surface area contributed by atoms with E-state index in [-0.39, 0.29) is 11.9 Å². The number of likely N-dealkylation sites (N-methyl/N-ethyl adjacent to an activating group) is 1. The summed E-state index contributed by atoms with van der Waals surface area (Å²) in [6, 6.07) is 4.18. The van der Waals surface area contributed by atoms with Gasteiger partial charge in [0, 0.05) is 11.4 Å². The Balaban J connectivity index is 1.96. The van der Waals surface area contributed by atoms with Crippen molar-refractivity contribution in [3.63, 3.8) is 0 Å². The summed E-state index contributed by atoms with van der Waals surface area (Å²) in [5.41, 5.74) is 0. The molecule has 3 nitrogen and oxygen atoms in total. The van der Waals surface area contributed by atoms with Crippen LogP contribution in [0.15, 0.2) is 17.5 Å². The Bertz CT molecular complexity index is 331. The maximum absolute atomic E-state index is 12.2. The minimum absolute atomic E-state index is 0.0555. The second-order valence-electron chi connectivity index (χ2n) is 4.08. The number of carbonyl (C=O) groups excluding carboxylic acids is 1. The molecular formula is C12H18N2OS. The summed E-state index contributed by atoms with van der Waals surface area (Å²) >= 11 is 1.71. The average Bonchev–Trinajstić information content (AvgIpc) is 2.97. The van der Waals surface area contributed by atoms with Crippen LogP contribution in [0.25, 0.3) is 0 Å². The van der Waals surface area contributed by atoms with Crippen LogP contribution in [-0.2, 0) is 11.3 Å². The highest BCUT2D eigenvalue weighted by Crippen LogP contribution is 2.14. The zero-order chi connectivity index (χ0) is 11.4. The molecule has 0 radical (unpaired) electrons. The fourth-order valence-electron chi connectivity index (χ4n) is 2.05. The molecule has 1 atom stereocenters. The smallest absolute Gasteiger partial charge is 0.240 e. The molecule has 1 aliphatic heterocycles. The van der Waals surface area contributed by atoms with Crippen LogP contribution in [0.3, 0.4) is 0 Å².